The zero-order valence-corrected chi connectivity index (χ0v) is 13.8. The van der Waals surface area contributed by atoms with Crippen molar-refractivity contribution in [3.05, 3.63) is 65.5 Å². The number of benzene rings is 2. The van der Waals surface area contributed by atoms with Crippen molar-refractivity contribution in [2.75, 3.05) is 5.75 Å². The molecule has 0 aliphatic rings. The molecule has 3 rings (SSSR count). The summed E-state index contributed by atoms with van der Waals surface area (Å²) in [7, 11) is 0. The second-order valence-electron chi connectivity index (χ2n) is 5.46. The SMILES string of the molecule is Cc1cccc(CSCC(=O)NCc2nc3ccccc3[nH]2)c1. The number of nitrogens with one attached hydrogen (secondary N) is 2. The molecule has 23 heavy (non-hydrogen) atoms. The number of fused-ring (bicyclic) bond motifs is 1. The molecule has 3 aromatic rings. The summed E-state index contributed by atoms with van der Waals surface area (Å²) in [5, 5.41) is 2.90. The lowest BCUT2D eigenvalue weighted by Gasteiger charge is -2.04. The monoisotopic (exact) mass is 325 g/mol. The van der Waals surface area contributed by atoms with Gasteiger partial charge in [-0.2, -0.15) is 0 Å². The van der Waals surface area contributed by atoms with Crippen LogP contribution in [0.4, 0.5) is 0 Å². The molecule has 1 amide bonds. The van der Waals surface area contributed by atoms with Crippen molar-refractivity contribution in [2.24, 2.45) is 0 Å². The first-order chi connectivity index (χ1) is 11.2. The highest BCUT2D eigenvalue weighted by Gasteiger charge is 2.05. The molecule has 0 aliphatic heterocycles. The standard InChI is InChI=1S/C18H19N3OS/c1-13-5-4-6-14(9-13)11-23-12-18(22)19-10-17-20-15-7-2-3-8-16(15)21-17/h2-9H,10-12H2,1H3,(H,19,22)(H,20,21). The van der Waals surface area contributed by atoms with Gasteiger partial charge in [-0.1, -0.05) is 42.0 Å². The third-order valence-corrected chi connectivity index (χ3v) is 4.48. The van der Waals surface area contributed by atoms with E-state index in [0.717, 1.165) is 22.6 Å². The number of rotatable bonds is 6. The van der Waals surface area contributed by atoms with Gasteiger partial charge in [0.05, 0.1) is 23.3 Å². The largest absolute Gasteiger partial charge is 0.348 e. The van der Waals surface area contributed by atoms with Crippen LogP contribution in [0.1, 0.15) is 17.0 Å². The highest BCUT2D eigenvalue weighted by Crippen LogP contribution is 2.13. The Labute approximate surface area is 139 Å². The van der Waals surface area contributed by atoms with Gasteiger partial charge in [0.15, 0.2) is 0 Å². The number of aromatic amines is 1. The van der Waals surface area contributed by atoms with Crippen LogP contribution in [-0.4, -0.2) is 21.6 Å². The summed E-state index contributed by atoms with van der Waals surface area (Å²) in [5.74, 6) is 2.11. The second kappa shape index (κ2) is 7.33. The van der Waals surface area contributed by atoms with Crippen LogP contribution in [0.5, 0.6) is 0 Å². The number of thioether (sulfide) groups is 1. The van der Waals surface area contributed by atoms with Crippen molar-refractivity contribution in [3.8, 4) is 0 Å². The quantitative estimate of drug-likeness (QED) is 0.730. The van der Waals surface area contributed by atoms with E-state index in [4.69, 9.17) is 0 Å². The highest BCUT2D eigenvalue weighted by molar-refractivity contribution is 7.99. The number of carbonyl (C=O) groups excluding carboxylic acids is 1. The summed E-state index contributed by atoms with van der Waals surface area (Å²) in [6.45, 7) is 2.51. The normalized spacial score (nSPS) is 10.8. The van der Waals surface area contributed by atoms with Gasteiger partial charge in [0, 0.05) is 5.75 Å². The van der Waals surface area contributed by atoms with Crippen LogP contribution in [0.3, 0.4) is 0 Å². The highest BCUT2D eigenvalue weighted by atomic mass is 32.2. The first-order valence-electron chi connectivity index (χ1n) is 7.54. The summed E-state index contributed by atoms with van der Waals surface area (Å²) in [6, 6.07) is 16.2. The number of aryl methyl sites for hydroxylation is 1. The minimum absolute atomic E-state index is 0.0307. The fourth-order valence-electron chi connectivity index (χ4n) is 2.39. The van der Waals surface area contributed by atoms with Crippen LogP contribution in [0.2, 0.25) is 0 Å². The van der Waals surface area contributed by atoms with Crippen LogP contribution in [-0.2, 0) is 17.1 Å². The molecule has 5 heteroatoms. The molecule has 1 heterocycles. The van der Waals surface area contributed by atoms with Crippen molar-refractivity contribution in [3.63, 3.8) is 0 Å². The predicted octanol–water partition coefficient (Wildman–Crippen LogP) is 3.42. The Morgan fingerprint density at radius 1 is 1.22 bits per heavy atom. The molecule has 0 fully saturated rings. The van der Waals surface area contributed by atoms with E-state index in [1.165, 1.54) is 11.1 Å². The van der Waals surface area contributed by atoms with Gasteiger partial charge in [-0.3, -0.25) is 4.79 Å². The third kappa shape index (κ3) is 4.36. The van der Waals surface area contributed by atoms with Crippen LogP contribution in [0.25, 0.3) is 11.0 Å². The van der Waals surface area contributed by atoms with Crippen LogP contribution >= 0.6 is 11.8 Å². The minimum Gasteiger partial charge on any atom is -0.348 e. The number of hydrogen-bond acceptors (Lipinski definition) is 3. The van der Waals surface area contributed by atoms with E-state index < -0.39 is 0 Å². The lowest BCUT2D eigenvalue weighted by atomic mass is 10.2. The molecule has 2 N–H and O–H groups in total. The molecule has 0 unspecified atom stereocenters. The number of H-pyrrole nitrogens is 1. The van der Waals surface area contributed by atoms with Crippen LogP contribution in [0.15, 0.2) is 48.5 Å². The van der Waals surface area contributed by atoms with Crippen molar-refractivity contribution in [1.82, 2.24) is 15.3 Å². The number of carbonyl (C=O) groups is 1. The summed E-state index contributed by atoms with van der Waals surface area (Å²) in [6.07, 6.45) is 0. The van der Waals surface area contributed by atoms with Crippen molar-refractivity contribution < 1.29 is 4.79 Å². The summed E-state index contributed by atoms with van der Waals surface area (Å²) < 4.78 is 0. The number of hydrogen-bond donors (Lipinski definition) is 2. The molecule has 0 atom stereocenters. The maximum atomic E-state index is 11.9. The van der Waals surface area contributed by atoms with E-state index in [9.17, 15) is 4.79 Å². The van der Waals surface area contributed by atoms with Gasteiger partial charge < -0.3 is 10.3 Å². The zero-order valence-electron chi connectivity index (χ0n) is 13.0. The van der Waals surface area contributed by atoms with Gasteiger partial charge in [-0.25, -0.2) is 4.98 Å². The number of amides is 1. The number of imidazole rings is 1. The summed E-state index contributed by atoms with van der Waals surface area (Å²) in [4.78, 5) is 19.6. The number of aromatic nitrogens is 2. The van der Waals surface area contributed by atoms with Gasteiger partial charge >= 0.3 is 0 Å². The average molecular weight is 325 g/mol. The Hall–Kier alpha value is -2.27. The smallest absolute Gasteiger partial charge is 0.230 e. The average Bonchev–Trinajstić information content (AvgIpc) is 2.96. The van der Waals surface area contributed by atoms with Gasteiger partial charge in [-0.15, -0.1) is 11.8 Å². The maximum absolute atomic E-state index is 11.9. The molecule has 0 spiro atoms. The van der Waals surface area contributed by atoms with E-state index in [1.807, 2.05) is 30.3 Å². The van der Waals surface area contributed by atoms with Gasteiger partial charge in [0.25, 0.3) is 0 Å². The zero-order chi connectivity index (χ0) is 16.1. The second-order valence-corrected chi connectivity index (χ2v) is 6.44. The lowest BCUT2D eigenvalue weighted by Crippen LogP contribution is -2.25. The van der Waals surface area contributed by atoms with E-state index >= 15 is 0 Å². The molecule has 0 radical (unpaired) electrons. The molecule has 118 valence electrons. The molecule has 4 nitrogen and oxygen atoms in total. The number of nitrogens with zero attached hydrogens (tertiary/aromatic N) is 1. The van der Waals surface area contributed by atoms with E-state index in [0.29, 0.717) is 12.3 Å². The molecule has 0 aliphatic carbocycles. The topological polar surface area (TPSA) is 57.8 Å². The fraction of sp³-hybridized carbons (Fsp3) is 0.222. The van der Waals surface area contributed by atoms with Crippen molar-refractivity contribution >= 4 is 28.7 Å². The number of para-hydroxylation sites is 2. The molecular formula is C18H19N3OS. The third-order valence-electron chi connectivity index (χ3n) is 3.48. The Kier molecular flexibility index (Phi) is 4.98. The first-order valence-corrected chi connectivity index (χ1v) is 8.70. The summed E-state index contributed by atoms with van der Waals surface area (Å²) >= 11 is 1.62. The molecular weight excluding hydrogens is 306 g/mol. The van der Waals surface area contributed by atoms with Crippen LogP contribution in [0, 0.1) is 6.92 Å². The maximum Gasteiger partial charge on any atom is 0.230 e. The fourth-order valence-corrected chi connectivity index (χ4v) is 3.19. The van der Waals surface area contributed by atoms with Gasteiger partial charge in [0.2, 0.25) is 5.91 Å². The molecule has 0 saturated carbocycles. The molecule has 0 saturated heterocycles. The Bertz CT molecular complexity index is 780. The summed E-state index contributed by atoms with van der Waals surface area (Å²) in [5.41, 5.74) is 4.41. The Balaban J connectivity index is 1.44. The van der Waals surface area contributed by atoms with Crippen molar-refractivity contribution in [2.45, 2.75) is 19.2 Å². The van der Waals surface area contributed by atoms with E-state index in [-0.39, 0.29) is 5.91 Å². The van der Waals surface area contributed by atoms with Gasteiger partial charge in [0.1, 0.15) is 5.82 Å². The van der Waals surface area contributed by atoms with E-state index in [2.05, 4.69) is 40.4 Å². The van der Waals surface area contributed by atoms with E-state index in [1.54, 1.807) is 11.8 Å². The molecule has 0 bridgehead atoms. The molecule has 2 aromatic carbocycles. The Morgan fingerprint density at radius 2 is 2.09 bits per heavy atom. The molecule has 1 aromatic heterocycles. The Morgan fingerprint density at radius 3 is 2.91 bits per heavy atom. The van der Waals surface area contributed by atoms with Gasteiger partial charge in [-0.05, 0) is 24.6 Å². The first kappa shape index (κ1) is 15.6. The lowest BCUT2D eigenvalue weighted by molar-refractivity contribution is -0.118. The van der Waals surface area contributed by atoms with Crippen molar-refractivity contribution in [1.29, 1.82) is 0 Å². The minimum atomic E-state index is 0.0307. The predicted molar refractivity (Wildman–Crippen MR) is 95.3 cm³/mol. The van der Waals surface area contributed by atoms with Crippen LogP contribution < -0.4 is 5.32 Å².